The van der Waals surface area contributed by atoms with Gasteiger partial charge in [-0.1, -0.05) is 0 Å². The van der Waals surface area contributed by atoms with Gasteiger partial charge in [-0.15, -0.1) is 0 Å². The fourth-order valence-electron chi connectivity index (χ4n) is 1.93. The van der Waals surface area contributed by atoms with Gasteiger partial charge in [-0.25, -0.2) is 0 Å². The molecule has 8 nitrogen and oxygen atoms in total. The van der Waals surface area contributed by atoms with Crippen LogP contribution in [-0.2, 0) is 4.79 Å². The summed E-state index contributed by atoms with van der Waals surface area (Å²) in [7, 11) is 0. The lowest BCUT2D eigenvalue weighted by Crippen LogP contribution is -2.59. The number of hydrogen-bond acceptors (Lipinski definition) is 5. The number of nitrogens with one attached hydrogen (secondary N) is 3. The summed E-state index contributed by atoms with van der Waals surface area (Å²) in [5, 5.41) is 15.6. The van der Waals surface area contributed by atoms with Crippen molar-refractivity contribution >= 4 is 11.8 Å². The number of hydrogen-bond donors (Lipinski definition) is 3. The highest BCUT2D eigenvalue weighted by Gasteiger charge is 2.33. The number of carbonyl (C=O) groups excluding carboxylic acids is 2. The predicted octanol–water partition coefficient (Wildman–Crippen LogP) is -1.65. The smallest absolute Gasteiger partial charge is 0.276 e. The second kappa shape index (κ2) is 5.58. The first kappa shape index (κ1) is 12.5. The van der Waals surface area contributed by atoms with Gasteiger partial charge in [0.05, 0.1) is 6.20 Å². The first-order valence-corrected chi connectivity index (χ1v) is 5.89. The minimum absolute atomic E-state index is 0.151. The summed E-state index contributed by atoms with van der Waals surface area (Å²) in [6.45, 7) is 3.99. The van der Waals surface area contributed by atoms with E-state index in [0.29, 0.717) is 26.2 Å². The maximum absolute atomic E-state index is 12.2. The van der Waals surface area contributed by atoms with E-state index in [4.69, 9.17) is 0 Å². The number of amides is 2. The van der Waals surface area contributed by atoms with E-state index >= 15 is 0 Å². The number of nitrogens with zero attached hydrogens (tertiary/aromatic N) is 3. The van der Waals surface area contributed by atoms with Crippen LogP contribution in [0, 0.1) is 0 Å². The van der Waals surface area contributed by atoms with Gasteiger partial charge in [0.25, 0.3) is 5.91 Å². The molecule has 3 N–H and O–H groups in total. The molecule has 0 aromatic carbocycles. The van der Waals surface area contributed by atoms with Crippen LogP contribution >= 0.6 is 0 Å². The molecule has 1 saturated heterocycles. The number of aromatic amines is 1. The standard InChI is InChI=1S/C10H16N6O2/c1-2-12-9(17)8-6-11-3-4-16(8)10(18)7-5-13-15-14-7/h5,8,11H,2-4,6H2,1H3,(H,12,17)(H,13,14,15). The SMILES string of the molecule is CCNC(=O)C1CNCCN1C(=O)c1cn[nH]n1. The zero-order valence-electron chi connectivity index (χ0n) is 10.1. The molecule has 2 amide bonds. The molecule has 0 saturated carbocycles. The van der Waals surface area contributed by atoms with Crippen molar-refractivity contribution in [2.75, 3.05) is 26.2 Å². The van der Waals surface area contributed by atoms with Crippen molar-refractivity contribution < 1.29 is 9.59 Å². The normalized spacial score (nSPS) is 19.6. The molecule has 0 aliphatic carbocycles. The minimum Gasteiger partial charge on any atom is -0.355 e. The van der Waals surface area contributed by atoms with Crippen LogP contribution in [-0.4, -0.2) is 64.3 Å². The number of rotatable bonds is 3. The van der Waals surface area contributed by atoms with Crippen molar-refractivity contribution in [3.8, 4) is 0 Å². The predicted molar refractivity (Wildman–Crippen MR) is 62.8 cm³/mol. The van der Waals surface area contributed by atoms with Crippen LogP contribution in [0.5, 0.6) is 0 Å². The molecule has 1 atom stereocenters. The lowest BCUT2D eigenvalue weighted by Gasteiger charge is -2.34. The lowest BCUT2D eigenvalue weighted by molar-refractivity contribution is -0.126. The van der Waals surface area contributed by atoms with E-state index in [1.165, 1.54) is 11.1 Å². The highest BCUT2D eigenvalue weighted by atomic mass is 16.2. The molecule has 8 heteroatoms. The Morgan fingerprint density at radius 3 is 3.11 bits per heavy atom. The number of carbonyl (C=O) groups is 2. The third-order valence-electron chi connectivity index (χ3n) is 2.79. The van der Waals surface area contributed by atoms with E-state index in [1.54, 1.807) is 0 Å². The van der Waals surface area contributed by atoms with E-state index < -0.39 is 6.04 Å². The monoisotopic (exact) mass is 252 g/mol. The summed E-state index contributed by atoms with van der Waals surface area (Å²) in [6, 6.07) is -0.497. The third-order valence-corrected chi connectivity index (χ3v) is 2.79. The Balaban J connectivity index is 2.12. The molecule has 1 aromatic rings. The van der Waals surface area contributed by atoms with Crippen molar-refractivity contribution in [1.82, 2.24) is 30.9 Å². The van der Waals surface area contributed by atoms with Crippen LogP contribution in [0.1, 0.15) is 17.4 Å². The van der Waals surface area contributed by atoms with E-state index in [1.807, 2.05) is 6.92 Å². The van der Waals surface area contributed by atoms with Gasteiger partial charge in [-0.05, 0) is 6.92 Å². The van der Waals surface area contributed by atoms with Gasteiger partial charge in [0.15, 0.2) is 5.69 Å². The molecule has 0 radical (unpaired) electrons. The molecule has 0 spiro atoms. The average molecular weight is 252 g/mol. The van der Waals surface area contributed by atoms with Crippen molar-refractivity contribution in [3.63, 3.8) is 0 Å². The molecular weight excluding hydrogens is 236 g/mol. The quantitative estimate of drug-likeness (QED) is 0.598. The molecule has 1 aliphatic heterocycles. The molecule has 2 rings (SSSR count). The van der Waals surface area contributed by atoms with Crippen LogP contribution < -0.4 is 10.6 Å². The van der Waals surface area contributed by atoms with Gasteiger partial charge in [0, 0.05) is 26.2 Å². The second-order valence-electron chi connectivity index (χ2n) is 3.97. The Labute approximate surface area is 104 Å². The first-order valence-electron chi connectivity index (χ1n) is 5.89. The first-order chi connectivity index (χ1) is 8.74. The van der Waals surface area contributed by atoms with Crippen molar-refractivity contribution in [3.05, 3.63) is 11.9 Å². The fraction of sp³-hybridized carbons (Fsp3) is 0.600. The van der Waals surface area contributed by atoms with Crippen LogP contribution in [0.3, 0.4) is 0 Å². The van der Waals surface area contributed by atoms with E-state index in [2.05, 4.69) is 26.0 Å². The highest BCUT2D eigenvalue weighted by molar-refractivity contribution is 5.96. The summed E-state index contributed by atoms with van der Waals surface area (Å²) in [5.74, 6) is -0.428. The molecule has 0 bridgehead atoms. The number of likely N-dealkylation sites (N-methyl/N-ethyl adjacent to an activating group) is 1. The highest BCUT2D eigenvalue weighted by Crippen LogP contribution is 2.08. The summed E-state index contributed by atoms with van der Waals surface area (Å²) in [4.78, 5) is 25.6. The Bertz CT molecular complexity index is 418. The molecule has 18 heavy (non-hydrogen) atoms. The van der Waals surface area contributed by atoms with Crippen molar-refractivity contribution in [2.24, 2.45) is 0 Å². The van der Waals surface area contributed by atoms with Crippen LogP contribution in [0.15, 0.2) is 6.20 Å². The summed E-state index contributed by atoms with van der Waals surface area (Å²) in [5.41, 5.74) is 0.228. The van der Waals surface area contributed by atoms with Crippen molar-refractivity contribution in [1.29, 1.82) is 0 Å². The van der Waals surface area contributed by atoms with Gasteiger partial charge in [-0.3, -0.25) is 9.59 Å². The maximum Gasteiger partial charge on any atom is 0.276 e. The summed E-state index contributed by atoms with van der Waals surface area (Å²) in [6.07, 6.45) is 1.36. The van der Waals surface area contributed by atoms with Gasteiger partial charge in [-0.2, -0.15) is 15.4 Å². The molecular formula is C10H16N6O2. The van der Waals surface area contributed by atoms with Crippen molar-refractivity contribution in [2.45, 2.75) is 13.0 Å². The average Bonchev–Trinajstić information content (AvgIpc) is 2.92. The van der Waals surface area contributed by atoms with Gasteiger partial charge < -0.3 is 15.5 Å². The minimum atomic E-state index is -0.497. The van der Waals surface area contributed by atoms with Gasteiger partial charge >= 0.3 is 0 Å². The molecule has 1 fully saturated rings. The second-order valence-corrected chi connectivity index (χ2v) is 3.97. The number of aromatic nitrogens is 3. The maximum atomic E-state index is 12.2. The summed E-state index contributed by atoms with van der Waals surface area (Å²) < 4.78 is 0. The summed E-state index contributed by atoms with van der Waals surface area (Å²) >= 11 is 0. The molecule has 1 aromatic heterocycles. The Kier molecular flexibility index (Phi) is 3.88. The molecule has 2 heterocycles. The zero-order chi connectivity index (χ0) is 13.0. The van der Waals surface area contributed by atoms with E-state index in [0.717, 1.165) is 0 Å². The van der Waals surface area contributed by atoms with Gasteiger partial charge in [0.1, 0.15) is 6.04 Å². The Morgan fingerprint density at radius 1 is 1.61 bits per heavy atom. The third kappa shape index (κ3) is 2.48. The zero-order valence-corrected chi connectivity index (χ0v) is 10.1. The molecule has 98 valence electrons. The Hall–Kier alpha value is -1.96. The van der Waals surface area contributed by atoms with Gasteiger partial charge in [0.2, 0.25) is 5.91 Å². The van der Waals surface area contributed by atoms with E-state index in [9.17, 15) is 9.59 Å². The molecule has 1 unspecified atom stereocenters. The van der Waals surface area contributed by atoms with Crippen LogP contribution in [0.4, 0.5) is 0 Å². The lowest BCUT2D eigenvalue weighted by atomic mass is 10.1. The fourth-order valence-corrected chi connectivity index (χ4v) is 1.93. The number of piperazine rings is 1. The topological polar surface area (TPSA) is 103 Å². The number of H-pyrrole nitrogens is 1. The van der Waals surface area contributed by atoms with Crippen LogP contribution in [0.2, 0.25) is 0 Å². The van der Waals surface area contributed by atoms with Crippen LogP contribution in [0.25, 0.3) is 0 Å². The largest absolute Gasteiger partial charge is 0.355 e. The van der Waals surface area contributed by atoms with E-state index in [-0.39, 0.29) is 17.5 Å². The molecule has 1 aliphatic rings. The Morgan fingerprint density at radius 2 is 2.44 bits per heavy atom.